The highest BCUT2D eigenvalue weighted by Crippen LogP contribution is 2.33. The zero-order valence-corrected chi connectivity index (χ0v) is 14.0. The van der Waals surface area contributed by atoms with E-state index in [1.54, 1.807) is 11.8 Å². The first-order valence-electron chi connectivity index (χ1n) is 5.71. The third-order valence-electron chi connectivity index (χ3n) is 2.48. The maximum absolute atomic E-state index is 12.2. The Morgan fingerprint density at radius 2 is 2.16 bits per heavy atom. The molecule has 3 N–H and O–H groups in total. The van der Waals surface area contributed by atoms with Crippen molar-refractivity contribution < 1.29 is 8.42 Å². The Hall–Kier alpha value is -0.510. The van der Waals surface area contributed by atoms with Gasteiger partial charge >= 0.3 is 0 Å². The molecule has 0 aliphatic heterocycles. The second-order valence-electron chi connectivity index (χ2n) is 4.45. The van der Waals surface area contributed by atoms with Gasteiger partial charge in [-0.1, -0.05) is 6.92 Å². The van der Waals surface area contributed by atoms with Crippen molar-refractivity contribution >= 4 is 44.1 Å². The second kappa shape index (κ2) is 6.78. The summed E-state index contributed by atoms with van der Waals surface area (Å²) in [5.74, 6) is 1.50. The molecule has 0 aromatic carbocycles. The van der Waals surface area contributed by atoms with Crippen LogP contribution in [0.15, 0.2) is 4.90 Å². The van der Waals surface area contributed by atoms with Gasteiger partial charge in [0.05, 0.1) is 0 Å². The van der Waals surface area contributed by atoms with E-state index in [0.29, 0.717) is 17.5 Å². The molecule has 9 heteroatoms. The molecule has 6 nitrogen and oxygen atoms in total. The Labute approximate surface area is 123 Å². The minimum atomic E-state index is -3.57. The van der Waals surface area contributed by atoms with Crippen LogP contribution >= 0.6 is 23.3 Å². The zero-order valence-electron chi connectivity index (χ0n) is 11.5. The van der Waals surface area contributed by atoms with E-state index >= 15 is 0 Å². The first-order valence-corrected chi connectivity index (χ1v) is 9.32. The molecule has 0 aliphatic carbocycles. The Bertz CT molecular complexity index is 513. The van der Waals surface area contributed by atoms with Crippen molar-refractivity contribution in [3.8, 4) is 0 Å². The monoisotopic (exact) mass is 324 g/mol. The molecule has 1 aromatic rings. The average Bonchev–Trinajstić information content (AvgIpc) is 2.68. The zero-order chi connectivity index (χ0) is 14.6. The number of thioether (sulfide) groups is 1. The van der Waals surface area contributed by atoms with Gasteiger partial charge in [-0.15, -0.1) is 0 Å². The van der Waals surface area contributed by atoms with Crippen LogP contribution in [0.5, 0.6) is 0 Å². The van der Waals surface area contributed by atoms with Gasteiger partial charge in [0, 0.05) is 20.6 Å². The fraction of sp³-hybridized carbons (Fsp3) is 0.700. The smallest absolute Gasteiger partial charge is 0.249 e. The molecule has 0 spiro atoms. The molecular formula is C10H20N4O2S3. The third-order valence-corrected chi connectivity index (χ3v) is 6.22. The molecule has 1 unspecified atom stereocenters. The highest BCUT2D eigenvalue weighted by molar-refractivity contribution is 7.98. The summed E-state index contributed by atoms with van der Waals surface area (Å²) < 4.78 is 29.4. The van der Waals surface area contributed by atoms with Gasteiger partial charge in [-0.2, -0.15) is 16.1 Å². The molecule has 1 heterocycles. The fourth-order valence-electron chi connectivity index (χ4n) is 1.45. The number of hydrogen-bond donors (Lipinski definition) is 2. The van der Waals surface area contributed by atoms with Gasteiger partial charge in [-0.05, 0) is 29.5 Å². The van der Waals surface area contributed by atoms with E-state index in [1.165, 1.54) is 14.1 Å². The van der Waals surface area contributed by atoms with Crippen molar-refractivity contribution in [3.63, 3.8) is 0 Å². The van der Waals surface area contributed by atoms with Crippen molar-refractivity contribution in [2.45, 2.75) is 11.8 Å². The van der Waals surface area contributed by atoms with E-state index in [2.05, 4.69) is 16.6 Å². The lowest BCUT2D eigenvalue weighted by Crippen LogP contribution is -2.24. The molecule has 110 valence electrons. The molecule has 1 aromatic heterocycles. The summed E-state index contributed by atoms with van der Waals surface area (Å²) in [6, 6.07) is 0. The Balaban J connectivity index is 2.93. The Kier molecular flexibility index (Phi) is 5.90. The Morgan fingerprint density at radius 1 is 1.53 bits per heavy atom. The molecule has 0 amide bonds. The molecule has 0 saturated heterocycles. The number of nitrogens with two attached hydrogens (primary N) is 1. The minimum absolute atomic E-state index is 0.0544. The summed E-state index contributed by atoms with van der Waals surface area (Å²) in [6.45, 7) is 2.80. The summed E-state index contributed by atoms with van der Waals surface area (Å²) in [7, 11) is -0.609. The van der Waals surface area contributed by atoms with Gasteiger partial charge in [0.25, 0.3) is 0 Å². The first kappa shape index (κ1) is 16.5. The minimum Gasteiger partial charge on any atom is -0.382 e. The van der Waals surface area contributed by atoms with Crippen LogP contribution in [-0.4, -0.2) is 49.7 Å². The van der Waals surface area contributed by atoms with E-state index in [0.717, 1.165) is 21.6 Å². The fourth-order valence-corrected chi connectivity index (χ4v) is 4.22. The van der Waals surface area contributed by atoms with Crippen LogP contribution in [0.3, 0.4) is 0 Å². The van der Waals surface area contributed by atoms with Crippen molar-refractivity contribution in [1.82, 2.24) is 8.68 Å². The molecule has 19 heavy (non-hydrogen) atoms. The summed E-state index contributed by atoms with van der Waals surface area (Å²) in [5.41, 5.74) is 5.68. The number of nitrogens with zero attached hydrogens (tertiary/aromatic N) is 2. The predicted octanol–water partition coefficient (Wildman–Crippen LogP) is 1.39. The topological polar surface area (TPSA) is 88.3 Å². The predicted molar refractivity (Wildman–Crippen MR) is 83.4 cm³/mol. The number of rotatable bonds is 7. The van der Waals surface area contributed by atoms with Crippen molar-refractivity contribution in [1.29, 1.82) is 0 Å². The number of hydrogen-bond acceptors (Lipinski definition) is 7. The van der Waals surface area contributed by atoms with Gasteiger partial charge in [0.2, 0.25) is 10.0 Å². The standard InChI is InChI=1S/C10H20N4O2S3/c1-7(6-17-4)5-12-10-8(9(11)13-18-10)19(15,16)14(2)3/h7,12H,5-6H2,1-4H3,(H2,11,13). The summed E-state index contributed by atoms with van der Waals surface area (Å²) >= 11 is 2.84. The van der Waals surface area contributed by atoms with Crippen LogP contribution in [0.4, 0.5) is 10.8 Å². The number of sulfonamides is 1. The number of anilines is 2. The average molecular weight is 324 g/mol. The molecule has 0 bridgehead atoms. The van der Waals surface area contributed by atoms with E-state index in [1.807, 2.05) is 6.26 Å². The number of aromatic nitrogens is 1. The Morgan fingerprint density at radius 3 is 2.68 bits per heavy atom. The van der Waals surface area contributed by atoms with Gasteiger partial charge < -0.3 is 11.1 Å². The van der Waals surface area contributed by atoms with Crippen LogP contribution in [0.25, 0.3) is 0 Å². The van der Waals surface area contributed by atoms with Crippen LogP contribution < -0.4 is 11.1 Å². The van der Waals surface area contributed by atoms with E-state index < -0.39 is 10.0 Å². The quantitative estimate of drug-likeness (QED) is 0.788. The van der Waals surface area contributed by atoms with Crippen LogP contribution in [0, 0.1) is 5.92 Å². The third kappa shape index (κ3) is 3.98. The lowest BCUT2D eigenvalue weighted by Gasteiger charge is -2.14. The molecule has 1 atom stereocenters. The second-order valence-corrected chi connectivity index (χ2v) is 8.23. The maximum Gasteiger partial charge on any atom is 0.249 e. The molecule has 0 radical (unpaired) electrons. The van der Waals surface area contributed by atoms with Crippen LogP contribution in [0.1, 0.15) is 6.92 Å². The van der Waals surface area contributed by atoms with E-state index in [9.17, 15) is 8.42 Å². The summed E-state index contributed by atoms with van der Waals surface area (Å²) in [4.78, 5) is 0.0823. The van der Waals surface area contributed by atoms with Gasteiger partial charge in [0.15, 0.2) is 10.7 Å². The molecule has 0 fully saturated rings. The molecule has 0 aliphatic rings. The lowest BCUT2D eigenvalue weighted by molar-refractivity contribution is 0.521. The van der Waals surface area contributed by atoms with E-state index in [4.69, 9.17) is 5.73 Å². The van der Waals surface area contributed by atoms with Gasteiger partial charge in [0.1, 0.15) is 5.00 Å². The SMILES string of the molecule is CSCC(C)CNc1snc(N)c1S(=O)(=O)N(C)C. The number of nitrogen functional groups attached to an aromatic ring is 1. The summed E-state index contributed by atoms with van der Waals surface area (Å²) in [5, 5.41) is 3.65. The molecular weight excluding hydrogens is 304 g/mol. The largest absolute Gasteiger partial charge is 0.382 e. The van der Waals surface area contributed by atoms with E-state index in [-0.39, 0.29) is 10.7 Å². The lowest BCUT2D eigenvalue weighted by atomic mass is 10.2. The van der Waals surface area contributed by atoms with Gasteiger partial charge in [-0.25, -0.2) is 12.7 Å². The van der Waals surface area contributed by atoms with Crippen molar-refractivity contribution in [2.24, 2.45) is 5.92 Å². The van der Waals surface area contributed by atoms with Crippen LogP contribution in [0.2, 0.25) is 0 Å². The van der Waals surface area contributed by atoms with Gasteiger partial charge in [-0.3, -0.25) is 0 Å². The van der Waals surface area contributed by atoms with Crippen LogP contribution in [-0.2, 0) is 10.0 Å². The maximum atomic E-state index is 12.2. The summed E-state index contributed by atoms with van der Waals surface area (Å²) in [6.07, 6.45) is 2.04. The van der Waals surface area contributed by atoms with Crippen molar-refractivity contribution in [2.75, 3.05) is 43.7 Å². The highest BCUT2D eigenvalue weighted by Gasteiger charge is 2.27. The normalized spacial score (nSPS) is 13.7. The molecule has 1 rings (SSSR count). The molecule has 0 saturated carbocycles. The highest BCUT2D eigenvalue weighted by atomic mass is 32.2. The first-order chi connectivity index (χ1) is 8.80. The number of nitrogens with one attached hydrogen (secondary N) is 1. The van der Waals surface area contributed by atoms with Crippen molar-refractivity contribution in [3.05, 3.63) is 0 Å².